The highest BCUT2D eigenvalue weighted by molar-refractivity contribution is 14.0. The maximum atomic E-state index is 13.1. The van der Waals surface area contributed by atoms with Gasteiger partial charge in [0.25, 0.3) is 0 Å². The quantitative estimate of drug-likeness (QED) is 0.352. The molecule has 0 spiro atoms. The number of morpholine rings is 1. The molecule has 1 aromatic rings. The summed E-state index contributed by atoms with van der Waals surface area (Å²) in [5.41, 5.74) is 1.01. The Morgan fingerprint density at radius 1 is 1.22 bits per heavy atom. The Morgan fingerprint density at radius 2 is 1.89 bits per heavy atom. The van der Waals surface area contributed by atoms with E-state index < -0.39 is 0 Å². The van der Waals surface area contributed by atoms with Gasteiger partial charge in [-0.3, -0.25) is 9.79 Å². The number of ether oxygens (including phenoxy) is 1. The van der Waals surface area contributed by atoms with E-state index in [2.05, 4.69) is 24.5 Å². The van der Waals surface area contributed by atoms with Gasteiger partial charge in [-0.1, -0.05) is 37.3 Å². The van der Waals surface area contributed by atoms with Crippen molar-refractivity contribution in [1.29, 1.82) is 0 Å². The largest absolute Gasteiger partial charge is 0.378 e. The van der Waals surface area contributed by atoms with E-state index in [-0.39, 0.29) is 35.8 Å². The normalized spacial score (nSPS) is 16.9. The van der Waals surface area contributed by atoms with Gasteiger partial charge in [0.1, 0.15) is 0 Å². The van der Waals surface area contributed by atoms with Crippen LogP contribution in [0.4, 0.5) is 0 Å². The molecule has 1 aromatic carbocycles. The summed E-state index contributed by atoms with van der Waals surface area (Å²) in [6, 6.07) is 10.3. The number of aliphatic imine (C=N–C) groups is 1. The molecule has 0 aliphatic carbocycles. The molecule has 27 heavy (non-hydrogen) atoms. The molecule has 1 aliphatic heterocycles. The van der Waals surface area contributed by atoms with Crippen LogP contribution < -0.4 is 10.6 Å². The van der Waals surface area contributed by atoms with Crippen LogP contribution >= 0.6 is 24.0 Å². The van der Waals surface area contributed by atoms with E-state index in [0.717, 1.165) is 24.5 Å². The second kappa shape index (κ2) is 12.9. The molecule has 1 fully saturated rings. The van der Waals surface area contributed by atoms with E-state index in [9.17, 15) is 4.79 Å². The molecule has 7 heteroatoms. The van der Waals surface area contributed by atoms with Gasteiger partial charge in [-0.15, -0.1) is 24.0 Å². The number of hydrogen-bond acceptors (Lipinski definition) is 3. The van der Waals surface area contributed by atoms with Gasteiger partial charge >= 0.3 is 0 Å². The molecule has 2 atom stereocenters. The molecule has 6 nitrogen and oxygen atoms in total. The lowest BCUT2D eigenvalue weighted by molar-refractivity contribution is -0.136. The van der Waals surface area contributed by atoms with Crippen LogP contribution in [0.5, 0.6) is 0 Å². The summed E-state index contributed by atoms with van der Waals surface area (Å²) in [5, 5.41) is 6.65. The number of halogens is 1. The predicted molar refractivity (Wildman–Crippen MR) is 121 cm³/mol. The maximum absolute atomic E-state index is 13.1. The highest BCUT2D eigenvalue weighted by Gasteiger charge is 2.27. The van der Waals surface area contributed by atoms with Gasteiger partial charge in [-0.05, 0) is 25.8 Å². The van der Waals surface area contributed by atoms with Crippen molar-refractivity contribution in [3.05, 3.63) is 35.9 Å². The molecule has 1 aliphatic rings. The minimum atomic E-state index is -0.276. The smallest absolute Gasteiger partial charge is 0.232 e. The second-order valence-electron chi connectivity index (χ2n) is 6.57. The van der Waals surface area contributed by atoms with Crippen molar-refractivity contribution in [2.75, 3.05) is 39.4 Å². The van der Waals surface area contributed by atoms with Gasteiger partial charge in [0.15, 0.2) is 5.96 Å². The van der Waals surface area contributed by atoms with Crippen molar-refractivity contribution in [2.24, 2.45) is 4.99 Å². The Labute approximate surface area is 180 Å². The van der Waals surface area contributed by atoms with Crippen molar-refractivity contribution < 1.29 is 9.53 Å². The van der Waals surface area contributed by atoms with Gasteiger partial charge in [0.2, 0.25) is 5.91 Å². The second-order valence-corrected chi connectivity index (χ2v) is 6.57. The van der Waals surface area contributed by atoms with Gasteiger partial charge < -0.3 is 20.3 Å². The zero-order valence-corrected chi connectivity index (χ0v) is 18.9. The van der Waals surface area contributed by atoms with Gasteiger partial charge in [0.05, 0.1) is 25.7 Å². The summed E-state index contributed by atoms with van der Waals surface area (Å²) >= 11 is 0. The molecule has 2 N–H and O–H groups in total. The summed E-state index contributed by atoms with van der Waals surface area (Å²) in [7, 11) is 0. The molecule has 1 heterocycles. The van der Waals surface area contributed by atoms with Crippen LogP contribution in [0.25, 0.3) is 0 Å². The maximum Gasteiger partial charge on any atom is 0.232 e. The summed E-state index contributed by atoms with van der Waals surface area (Å²) in [6.45, 7) is 10.0. The van der Waals surface area contributed by atoms with Crippen molar-refractivity contribution in [2.45, 2.75) is 39.2 Å². The van der Waals surface area contributed by atoms with E-state index in [0.29, 0.717) is 38.9 Å². The average Bonchev–Trinajstić information content (AvgIpc) is 2.69. The summed E-state index contributed by atoms with van der Waals surface area (Å²) in [4.78, 5) is 19.7. The first-order chi connectivity index (χ1) is 12.7. The van der Waals surface area contributed by atoms with Gasteiger partial charge in [0, 0.05) is 25.7 Å². The van der Waals surface area contributed by atoms with Gasteiger partial charge in [-0.25, -0.2) is 0 Å². The van der Waals surface area contributed by atoms with Crippen LogP contribution in [0.15, 0.2) is 35.3 Å². The Balaban J connectivity index is 0.00000364. The lowest BCUT2D eigenvalue weighted by atomic mass is 9.97. The zero-order chi connectivity index (χ0) is 18.8. The zero-order valence-electron chi connectivity index (χ0n) is 16.6. The first kappa shape index (κ1) is 23.7. The molecule has 1 saturated heterocycles. The lowest BCUT2D eigenvalue weighted by Gasteiger charge is -2.30. The summed E-state index contributed by atoms with van der Waals surface area (Å²) < 4.78 is 5.38. The van der Waals surface area contributed by atoms with E-state index >= 15 is 0 Å². The minimum absolute atomic E-state index is 0. The SMILES string of the molecule is CCNC(=NCC(C(=O)N1CCOCC1)c1ccccc1)NC(C)CC.I. The van der Waals surface area contributed by atoms with Gasteiger partial charge in [-0.2, -0.15) is 0 Å². The monoisotopic (exact) mass is 488 g/mol. The van der Waals surface area contributed by atoms with Crippen LogP contribution in [0.2, 0.25) is 0 Å². The van der Waals surface area contributed by atoms with Crippen LogP contribution in [0.1, 0.15) is 38.7 Å². The first-order valence-corrected chi connectivity index (χ1v) is 9.62. The molecule has 152 valence electrons. The standard InChI is InChI=1S/C20H32N4O2.HI/c1-4-16(3)23-20(21-5-2)22-15-18(17-9-7-6-8-10-17)19(25)24-11-13-26-14-12-24;/h6-10,16,18H,4-5,11-15H2,1-3H3,(H2,21,22,23);1H. The van der Waals surface area contributed by atoms with E-state index in [4.69, 9.17) is 9.73 Å². The number of carbonyl (C=O) groups is 1. The molecular weight excluding hydrogens is 455 g/mol. The molecule has 0 radical (unpaired) electrons. The molecular formula is C20H33IN4O2. The number of nitrogens with zero attached hydrogens (tertiary/aromatic N) is 2. The molecule has 2 unspecified atom stereocenters. The molecule has 0 saturated carbocycles. The van der Waals surface area contributed by atoms with Crippen molar-refractivity contribution >= 4 is 35.8 Å². The van der Waals surface area contributed by atoms with Crippen LogP contribution in [0.3, 0.4) is 0 Å². The summed E-state index contributed by atoms with van der Waals surface area (Å²) in [6.07, 6.45) is 1.01. The molecule has 0 bridgehead atoms. The lowest BCUT2D eigenvalue weighted by Crippen LogP contribution is -2.45. The average molecular weight is 488 g/mol. The third-order valence-corrected chi connectivity index (χ3v) is 4.59. The number of benzene rings is 1. The topological polar surface area (TPSA) is 66.0 Å². The molecule has 1 amide bonds. The van der Waals surface area contributed by atoms with Crippen molar-refractivity contribution in [3.63, 3.8) is 0 Å². The van der Waals surface area contributed by atoms with E-state index in [1.165, 1.54) is 0 Å². The fraction of sp³-hybridized carbons (Fsp3) is 0.600. The number of hydrogen-bond donors (Lipinski definition) is 2. The third kappa shape index (κ3) is 7.65. The summed E-state index contributed by atoms with van der Waals surface area (Å²) in [5.74, 6) is 0.613. The van der Waals surface area contributed by atoms with Crippen LogP contribution in [0, 0.1) is 0 Å². The number of carbonyl (C=O) groups excluding carboxylic acids is 1. The fourth-order valence-corrected chi connectivity index (χ4v) is 2.85. The predicted octanol–water partition coefficient (Wildman–Crippen LogP) is 2.60. The van der Waals surface area contributed by atoms with Crippen molar-refractivity contribution in [1.82, 2.24) is 15.5 Å². The van der Waals surface area contributed by atoms with Crippen LogP contribution in [-0.2, 0) is 9.53 Å². The Morgan fingerprint density at radius 3 is 2.48 bits per heavy atom. The number of amides is 1. The Hall–Kier alpha value is -1.35. The molecule has 2 rings (SSSR count). The Bertz CT molecular complexity index is 577. The van der Waals surface area contributed by atoms with Crippen LogP contribution in [-0.4, -0.2) is 62.2 Å². The van der Waals surface area contributed by atoms with E-state index in [1.54, 1.807) is 0 Å². The Kier molecular flexibility index (Phi) is 11.3. The number of rotatable bonds is 7. The highest BCUT2D eigenvalue weighted by atomic mass is 127. The number of nitrogens with one attached hydrogen (secondary N) is 2. The highest BCUT2D eigenvalue weighted by Crippen LogP contribution is 2.20. The molecule has 0 aromatic heterocycles. The fourth-order valence-electron chi connectivity index (χ4n) is 2.85. The third-order valence-electron chi connectivity index (χ3n) is 4.59. The minimum Gasteiger partial charge on any atom is -0.378 e. The van der Waals surface area contributed by atoms with E-state index in [1.807, 2.05) is 42.2 Å². The first-order valence-electron chi connectivity index (χ1n) is 9.62. The van der Waals surface area contributed by atoms with Crippen molar-refractivity contribution in [3.8, 4) is 0 Å². The number of guanidine groups is 1.